The molecule has 3 aromatic rings. The highest BCUT2D eigenvalue weighted by atomic mass is 32.2. The maximum Gasteiger partial charge on any atom is 0.267 e. The van der Waals surface area contributed by atoms with Gasteiger partial charge in [-0.15, -0.1) is 0 Å². The minimum absolute atomic E-state index is 0.190. The van der Waals surface area contributed by atoms with E-state index in [0.29, 0.717) is 58.7 Å². The summed E-state index contributed by atoms with van der Waals surface area (Å²) < 4.78 is 1.92. The molecule has 0 spiro atoms. The zero-order valence-corrected chi connectivity index (χ0v) is 21.3. The molecule has 36 heavy (non-hydrogen) atoms. The molecule has 0 aliphatic carbocycles. The van der Waals surface area contributed by atoms with Crippen LogP contribution in [0.1, 0.15) is 29.5 Å². The molecule has 0 bridgehead atoms. The van der Waals surface area contributed by atoms with Gasteiger partial charge in [-0.25, -0.2) is 4.98 Å². The second kappa shape index (κ2) is 9.87. The third-order valence-electron chi connectivity index (χ3n) is 6.56. The monoisotopic (exact) mass is 519 g/mol. The van der Waals surface area contributed by atoms with Gasteiger partial charge in [-0.2, -0.15) is 0 Å². The Morgan fingerprint density at radius 2 is 1.89 bits per heavy atom. The summed E-state index contributed by atoms with van der Waals surface area (Å²) >= 11 is 6.70. The number of rotatable bonds is 5. The molecule has 0 unspecified atom stereocenters. The van der Waals surface area contributed by atoms with Crippen LogP contribution in [0.2, 0.25) is 0 Å². The molecule has 10 heteroatoms. The van der Waals surface area contributed by atoms with Gasteiger partial charge in [0.1, 0.15) is 15.8 Å². The highest BCUT2D eigenvalue weighted by molar-refractivity contribution is 8.26. The lowest BCUT2D eigenvalue weighted by Gasteiger charge is -2.32. The average molecular weight is 520 g/mol. The van der Waals surface area contributed by atoms with Crippen molar-refractivity contribution in [3.63, 3.8) is 0 Å². The van der Waals surface area contributed by atoms with Crippen LogP contribution in [0.15, 0.2) is 58.4 Å². The summed E-state index contributed by atoms with van der Waals surface area (Å²) in [5.74, 6) is -0.234. The van der Waals surface area contributed by atoms with Crippen molar-refractivity contribution < 1.29 is 9.59 Å². The van der Waals surface area contributed by atoms with Gasteiger partial charge in [0, 0.05) is 25.2 Å². The predicted octanol–water partition coefficient (Wildman–Crippen LogP) is 3.11. The van der Waals surface area contributed by atoms with Crippen LogP contribution in [-0.4, -0.2) is 43.5 Å². The number of hydrogen-bond donors (Lipinski definition) is 1. The fourth-order valence-electron chi connectivity index (χ4n) is 4.48. The zero-order chi connectivity index (χ0) is 25.4. The molecule has 2 fully saturated rings. The summed E-state index contributed by atoms with van der Waals surface area (Å²) in [4.78, 5) is 47.2. The Balaban J connectivity index is 1.51. The molecule has 0 radical (unpaired) electrons. The van der Waals surface area contributed by atoms with Gasteiger partial charge in [0.05, 0.1) is 17.0 Å². The molecule has 2 aliphatic heterocycles. The van der Waals surface area contributed by atoms with E-state index >= 15 is 0 Å². The molecular weight excluding hydrogens is 494 g/mol. The summed E-state index contributed by atoms with van der Waals surface area (Å²) in [7, 11) is 0. The number of amides is 2. The van der Waals surface area contributed by atoms with Crippen molar-refractivity contribution in [2.75, 3.05) is 18.0 Å². The molecule has 5 rings (SSSR count). The molecule has 2 aromatic heterocycles. The van der Waals surface area contributed by atoms with Crippen LogP contribution in [0.5, 0.6) is 0 Å². The first-order valence-corrected chi connectivity index (χ1v) is 12.9. The Morgan fingerprint density at radius 3 is 2.58 bits per heavy atom. The van der Waals surface area contributed by atoms with Crippen molar-refractivity contribution in [2.45, 2.75) is 26.3 Å². The molecule has 2 saturated heterocycles. The minimum atomic E-state index is -0.307. The van der Waals surface area contributed by atoms with E-state index in [1.54, 1.807) is 29.3 Å². The first-order valence-electron chi connectivity index (χ1n) is 11.7. The van der Waals surface area contributed by atoms with E-state index in [9.17, 15) is 14.4 Å². The Labute approximate surface area is 217 Å². The highest BCUT2D eigenvalue weighted by Gasteiger charge is 2.33. The van der Waals surface area contributed by atoms with Crippen LogP contribution in [-0.2, 0) is 16.1 Å². The third-order valence-corrected chi connectivity index (χ3v) is 7.93. The Hall–Kier alpha value is -3.50. The van der Waals surface area contributed by atoms with Gasteiger partial charge in [-0.3, -0.25) is 23.7 Å². The lowest BCUT2D eigenvalue weighted by Crippen LogP contribution is -2.40. The zero-order valence-electron chi connectivity index (χ0n) is 19.7. The van der Waals surface area contributed by atoms with Crippen LogP contribution in [0.4, 0.5) is 5.82 Å². The summed E-state index contributed by atoms with van der Waals surface area (Å²) in [6, 6.07) is 13.3. The van der Waals surface area contributed by atoms with Gasteiger partial charge in [0.15, 0.2) is 0 Å². The first-order chi connectivity index (χ1) is 17.3. The van der Waals surface area contributed by atoms with E-state index in [1.165, 1.54) is 16.2 Å². The Bertz CT molecular complexity index is 1460. The smallest absolute Gasteiger partial charge is 0.267 e. The fraction of sp³-hybridized carbons (Fsp3) is 0.269. The van der Waals surface area contributed by atoms with E-state index in [2.05, 4.69) is 0 Å². The molecular formula is C26H25N5O3S2. The van der Waals surface area contributed by atoms with Crippen molar-refractivity contribution in [2.24, 2.45) is 11.7 Å². The number of piperidine rings is 1. The number of anilines is 1. The number of aryl methyl sites for hydroxylation is 1. The number of thiocarbonyl (C=S) groups is 1. The number of benzene rings is 1. The Morgan fingerprint density at radius 1 is 1.17 bits per heavy atom. The topological polar surface area (TPSA) is 101 Å². The molecule has 0 saturated carbocycles. The molecule has 8 nitrogen and oxygen atoms in total. The van der Waals surface area contributed by atoms with Gasteiger partial charge in [-0.1, -0.05) is 59.9 Å². The van der Waals surface area contributed by atoms with Gasteiger partial charge in [-0.05, 0) is 43.5 Å². The van der Waals surface area contributed by atoms with Gasteiger partial charge in [0.2, 0.25) is 5.91 Å². The van der Waals surface area contributed by atoms with Crippen molar-refractivity contribution in [3.05, 3.63) is 80.6 Å². The molecule has 2 amide bonds. The highest BCUT2D eigenvalue weighted by Crippen LogP contribution is 2.35. The maximum atomic E-state index is 13.6. The SMILES string of the molecule is Cc1ccc(CN2C(=O)C(=Cc3c(N4CCC(C(N)=O)CC4)nc4ccccn4c3=O)SC2=S)cc1. The first kappa shape index (κ1) is 24.2. The largest absolute Gasteiger partial charge is 0.369 e. The molecule has 2 N–H and O–H groups in total. The van der Waals surface area contributed by atoms with Crippen molar-refractivity contribution in [3.8, 4) is 0 Å². The number of hydrogen-bond acceptors (Lipinski definition) is 7. The predicted molar refractivity (Wildman–Crippen MR) is 145 cm³/mol. The Kier molecular flexibility index (Phi) is 6.63. The average Bonchev–Trinajstić information content (AvgIpc) is 3.14. The van der Waals surface area contributed by atoms with Crippen LogP contribution in [0.25, 0.3) is 11.7 Å². The number of primary amides is 1. The maximum absolute atomic E-state index is 13.6. The standard InChI is InChI=1S/C26H25N5O3S2/c1-16-5-7-17(8-6-16)15-31-25(34)20(36-26(31)35)14-19-23(29-12-9-18(10-13-29)22(27)32)28-21-4-2-3-11-30(21)24(19)33/h2-8,11,14,18H,9-10,12-13,15H2,1H3,(H2,27,32). The summed E-state index contributed by atoms with van der Waals surface area (Å²) in [5, 5.41) is 0. The molecule has 1 aromatic carbocycles. The minimum Gasteiger partial charge on any atom is -0.369 e. The summed E-state index contributed by atoms with van der Waals surface area (Å²) in [6.07, 6.45) is 4.44. The number of nitrogens with zero attached hydrogens (tertiary/aromatic N) is 4. The van der Waals surface area contributed by atoms with Crippen molar-refractivity contribution >= 4 is 57.7 Å². The molecule has 0 atom stereocenters. The number of nitrogens with two attached hydrogens (primary N) is 1. The van der Waals surface area contributed by atoms with Crippen LogP contribution >= 0.6 is 24.0 Å². The van der Waals surface area contributed by atoms with Gasteiger partial charge in [0.25, 0.3) is 11.5 Å². The number of carbonyl (C=O) groups is 2. The van der Waals surface area contributed by atoms with Crippen molar-refractivity contribution in [1.82, 2.24) is 14.3 Å². The lowest BCUT2D eigenvalue weighted by molar-refractivity contribution is -0.123. The van der Waals surface area contributed by atoms with E-state index in [-0.39, 0.29) is 23.3 Å². The summed E-state index contributed by atoms with van der Waals surface area (Å²) in [6.45, 7) is 3.46. The quantitative estimate of drug-likeness (QED) is 0.408. The second-order valence-electron chi connectivity index (χ2n) is 9.00. The number of thioether (sulfide) groups is 1. The van der Waals surface area contributed by atoms with Crippen molar-refractivity contribution in [1.29, 1.82) is 0 Å². The van der Waals surface area contributed by atoms with Gasteiger partial charge >= 0.3 is 0 Å². The molecule has 2 aliphatic rings. The number of aromatic nitrogens is 2. The number of pyridine rings is 1. The molecule has 184 valence electrons. The van der Waals surface area contributed by atoms with Crippen LogP contribution < -0.4 is 16.2 Å². The molecule has 4 heterocycles. The number of carbonyl (C=O) groups excluding carboxylic acids is 2. The van der Waals surface area contributed by atoms with Crippen LogP contribution in [0.3, 0.4) is 0 Å². The summed E-state index contributed by atoms with van der Waals surface area (Å²) in [5.41, 5.74) is 8.19. The van der Waals surface area contributed by atoms with E-state index in [0.717, 1.165) is 11.1 Å². The number of fused-ring (bicyclic) bond motifs is 1. The fourth-order valence-corrected chi connectivity index (χ4v) is 5.71. The van der Waals surface area contributed by atoms with Gasteiger partial charge < -0.3 is 10.6 Å². The second-order valence-corrected chi connectivity index (χ2v) is 10.7. The third kappa shape index (κ3) is 4.66. The van der Waals surface area contributed by atoms with E-state index in [4.69, 9.17) is 22.9 Å². The van der Waals surface area contributed by atoms with E-state index in [1.807, 2.05) is 42.2 Å². The van der Waals surface area contributed by atoms with E-state index < -0.39 is 0 Å². The lowest BCUT2D eigenvalue weighted by atomic mass is 9.96. The normalized spacial score (nSPS) is 18.0. The van der Waals surface area contributed by atoms with Crippen LogP contribution in [0, 0.1) is 12.8 Å².